The lowest BCUT2D eigenvalue weighted by Crippen LogP contribution is -2.46. The standard InChI is InChI=1S/C28H24N2OS/c1-2-6-21(7-3-1)25-19-32-27(30-25)22-12-10-20(11-13-22)24-18-28(14-16-29-17-15-28)31-26-9-5-4-8-23(24)26/h1-13,18-19,29H,14-17H2. The number of fused-ring (bicyclic) bond motifs is 1. The molecule has 0 saturated carbocycles. The van der Waals surface area contributed by atoms with Crippen LogP contribution in [-0.4, -0.2) is 23.7 Å². The summed E-state index contributed by atoms with van der Waals surface area (Å²) >= 11 is 1.69. The van der Waals surface area contributed by atoms with Crippen LogP contribution in [-0.2, 0) is 0 Å². The normalized spacial score (nSPS) is 16.8. The van der Waals surface area contributed by atoms with Gasteiger partial charge in [0.05, 0.1) is 5.69 Å². The zero-order valence-corrected chi connectivity index (χ0v) is 18.6. The monoisotopic (exact) mass is 436 g/mol. The van der Waals surface area contributed by atoms with Crippen LogP contribution >= 0.6 is 11.3 Å². The Bertz CT molecular complexity index is 1270. The molecule has 4 heteroatoms. The van der Waals surface area contributed by atoms with Crippen LogP contribution in [0.25, 0.3) is 27.4 Å². The molecule has 2 aliphatic heterocycles. The van der Waals surface area contributed by atoms with E-state index in [1.807, 2.05) is 6.07 Å². The minimum atomic E-state index is -0.215. The van der Waals surface area contributed by atoms with Crippen LogP contribution in [0.5, 0.6) is 5.75 Å². The van der Waals surface area contributed by atoms with Crippen molar-refractivity contribution in [2.24, 2.45) is 0 Å². The fourth-order valence-electron chi connectivity index (χ4n) is 4.64. The van der Waals surface area contributed by atoms with Crippen LogP contribution in [0.3, 0.4) is 0 Å². The first kappa shape index (κ1) is 19.5. The van der Waals surface area contributed by atoms with Gasteiger partial charge in [-0.1, -0.05) is 72.8 Å². The Hall–Kier alpha value is -3.21. The molecule has 6 rings (SSSR count). The van der Waals surface area contributed by atoms with Gasteiger partial charge in [0, 0.05) is 34.9 Å². The maximum Gasteiger partial charge on any atom is 0.130 e. The van der Waals surface area contributed by atoms with Gasteiger partial charge < -0.3 is 10.1 Å². The van der Waals surface area contributed by atoms with E-state index in [-0.39, 0.29) is 5.60 Å². The topological polar surface area (TPSA) is 34.1 Å². The average Bonchev–Trinajstić information content (AvgIpc) is 3.35. The number of rotatable bonds is 3. The first-order valence-corrected chi connectivity index (χ1v) is 12.0. The fraction of sp³-hybridized carbons (Fsp3) is 0.179. The summed E-state index contributed by atoms with van der Waals surface area (Å²) in [4.78, 5) is 4.87. The quantitative estimate of drug-likeness (QED) is 0.402. The number of piperidine rings is 1. The summed E-state index contributed by atoms with van der Waals surface area (Å²) in [5, 5.41) is 6.64. The predicted octanol–water partition coefficient (Wildman–Crippen LogP) is 6.42. The number of nitrogens with zero attached hydrogens (tertiary/aromatic N) is 1. The largest absolute Gasteiger partial charge is 0.482 e. The molecule has 4 aromatic rings. The summed E-state index contributed by atoms with van der Waals surface area (Å²) in [6, 6.07) is 27.6. The van der Waals surface area contributed by atoms with Gasteiger partial charge in [-0.15, -0.1) is 11.3 Å². The van der Waals surface area contributed by atoms with Crippen LogP contribution in [0.4, 0.5) is 0 Å². The number of para-hydroxylation sites is 1. The van der Waals surface area contributed by atoms with E-state index >= 15 is 0 Å². The molecule has 158 valence electrons. The number of hydrogen-bond acceptors (Lipinski definition) is 4. The summed E-state index contributed by atoms with van der Waals surface area (Å²) in [6.45, 7) is 1.97. The lowest BCUT2D eigenvalue weighted by Gasteiger charge is -2.40. The molecule has 2 aliphatic rings. The third kappa shape index (κ3) is 3.56. The van der Waals surface area contributed by atoms with Crippen molar-refractivity contribution in [1.29, 1.82) is 0 Å². The lowest BCUT2D eigenvalue weighted by atomic mass is 9.83. The molecule has 0 aliphatic carbocycles. The molecule has 0 radical (unpaired) electrons. The van der Waals surface area contributed by atoms with Crippen LogP contribution < -0.4 is 10.1 Å². The molecule has 0 atom stereocenters. The Labute approximate surface area is 192 Å². The van der Waals surface area contributed by atoms with Gasteiger partial charge in [0.25, 0.3) is 0 Å². The SMILES string of the molecule is C1=C(c2ccc(-c3nc(-c4ccccc4)cs3)cc2)c2ccccc2OC12CCNCC2. The average molecular weight is 437 g/mol. The van der Waals surface area contributed by atoms with Crippen molar-refractivity contribution in [1.82, 2.24) is 10.3 Å². The molecule has 1 saturated heterocycles. The van der Waals surface area contributed by atoms with Crippen LogP contribution in [0, 0.1) is 0 Å². The summed E-state index contributed by atoms with van der Waals surface area (Å²) in [5.74, 6) is 0.989. The van der Waals surface area contributed by atoms with Gasteiger partial charge in [-0.05, 0) is 36.4 Å². The Balaban J connectivity index is 1.35. The lowest BCUT2D eigenvalue weighted by molar-refractivity contribution is 0.0817. The highest BCUT2D eigenvalue weighted by molar-refractivity contribution is 7.13. The van der Waals surface area contributed by atoms with Crippen molar-refractivity contribution in [3.8, 4) is 27.6 Å². The Morgan fingerprint density at radius 3 is 2.31 bits per heavy atom. The molecule has 1 spiro atoms. The second-order valence-electron chi connectivity index (χ2n) is 8.45. The van der Waals surface area contributed by atoms with E-state index < -0.39 is 0 Å². The maximum absolute atomic E-state index is 6.53. The van der Waals surface area contributed by atoms with Crippen molar-refractivity contribution in [3.63, 3.8) is 0 Å². The van der Waals surface area contributed by atoms with E-state index in [9.17, 15) is 0 Å². The highest BCUT2D eigenvalue weighted by Crippen LogP contribution is 2.42. The van der Waals surface area contributed by atoms with E-state index in [1.165, 1.54) is 16.7 Å². The van der Waals surface area contributed by atoms with Crippen molar-refractivity contribution < 1.29 is 4.74 Å². The zero-order chi connectivity index (χ0) is 21.4. The minimum Gasteiger partial charge on any atom is -0.482 e. The first-order valence-electron chi connectivity index (χ1n) is 11.1. The highest BCUT2D eigenvalue weighted by Gasteiger charge is 2.36. The highest BCUT2D eigenvalue weighted by atomic mass is 32.1. The van der Waals surface area contributed by atoms with Gasteiger partial charge in [-0.2, -0.15) is 0 Å². The number of benzene rings is 3. The molecule has 3 heterocycles. The first-order chi connectivity index (χ1) is 15.8. The molecule has 1 aromatic heterocycles. The van der Waals surface area contributed by atoms with Crippen LogP contribution in [0.15, 0.2) is 90.3 Å². The summed E-state index contributed by atoms with van der Waals surface area (Å²) in [6.07, 6.45) is 4.34. The van der Waals surface area contributed by atoms with E-state index in [0.29, 0.717) is 0 Å². The zero-order valence-electron chi connectivity index (χ0n) is 17.8. The summed E-state index contributed by atoms with van der Waals surface area (Å²) in [7, 11) is 0. The fourth-order valence-corrected chi connectivity index (χ4v) is 5.48. The third-order valence-corrected chi connectivity index (χ3v) is 7.26. The van der Waals surface area contributed by atoms with E-state index in [1.54, 1.807) is 11.3 Å². The second kappa shape index (κ2) is 8.05. The third-order valence-electron chi connectivity index (χ3n) is 6.36. The van der Waals surface area contributed by atoms with E-state index in [0.717, 1.165) is 53.5 Å². The van der Waals surface area contributed by atoms with Crippen molar-refractivity contribution in [2.45, 2.75) is 18.4 Å². The molecule has 3 nitrogen and oxygen atoms in total. The number of ether oxygens (including phenoxy) is 1. The Morgan fingerprint density at radius 2 is 1.50 bits per heavy atom. The van der Waals surface area contributed by atoms with Crippen molar-refractivity contribution >= 4 is 16.9 Å². The maximum atomic E-state index is 6.53. The molecular formula is C28H24N2OS. The molecular weight excluding hydrogens is 412 g/mol. The minimum absolute atomic E-state index is 0.215. The van der Waals surface area contributed by atoms with Crippen molar-refractivity contribution in [2.75, 3.05) is 13.1 Å². The van der Waals surface area contributed by atoms with E-state index in [2.05, 4.69) is 89.6 Å². The van der Waals surface area contributed by atoms with Gasteiger partial charge in [0.2, 0.25) is 0 Å². The Kier molecular flexibility index (Phi) is 4.90. The van der Waals surface area contributed by atoms with Gasteiger partial charge in [-0.3, -0.25) is 0 Å². The molecule has 0 amide bonds. The summed E-state index contributed by atoms with van der Waals surface area (Å²) < 4.78 is 6.53. The number of aromatic nitrogens is 1. The van der Waals surface area contributed by atoms with Gasteiger partial charge >= 0.3 is 0 Å². The Morgan fingerprint density at radius 1 is 0.781 bits per heavy atom. The van der Waals surface area contributed by atoms with Crippen LogP contribution in [0.2, 0.25) is 0 Å². The molecule has 0 unspecified atom stereocenters. The molecule has 1 N–H and O–H groups in total. The van der Waals surface area contributed by atoms with E-state index in [4.69, 9.17) is 9.72 Å². The number of hydrogen-bond donors (Lipinski definition) is 1. The smallest absolute Gasteiger partial charge is 0.130 e. The van der Waals surface area contributed by atoms with Gasteiger partial charge in [0.1, 0.15) is 16.4 Å². The number of thiazole rings is 1. The number of nitrogens with one attached hydrogen (secondary N) is 1. The van der Waals surface area contributed by atoms with Gasteiger partial charge in [0.15, 0.2) is 0 Å². The molecule has 3 aromatic carbocycles. The molecule has 0 bridgehead atoms. The molecule has 1 fully saturated rings. The predicted molar refractivity (Wildman–Crippen MR) is 132 cm³/mol. The summed E-state index contributed by atoms with van der Waals surface area (Å²) in [5.41, 5.74) is 6.79. The second-order valence-corrected chi connectivity index (χ2v) is 9.31. The van der Waals surface area contributed by atoms with Crippen molar-refractivity contribution in [3.05, 3.63) is 101 Å². The van der Waals surface area contributed by atoms with Crippen LogP contribution in [0.1, 0.15) is 24.0 Å². The van der Waals surface area contributed by atoms with Gasteiger partial charge in [-0.25, -0.2) is 4.98 Å². The molecule has 32 heavy (non-hydrogen) atoms.